The van der Waals surface area contributed by atoms with Crippen LogP contribution < -0.4 is 4.90 Å². The van der Waals surface area contributed by atoms with Gasteiger partial charge in [0.15, 0.2) is 0 Å². The molecule has 104 valence electrons. The maximum absolute atomic E-state index is 12.0. The molecule has 0 aromatic heterocycles. The quantitative estimate of drug-likeness (QED) is 0.793. The van der Waals surface area contributed by atoms with Crippen LogP contribution in [-0.2, 0) is 4.79 Å². The highest BCUT2D eigenvalue weighted by molar-refractivity contribution is 9.10. The molecule has 1 aromatic rings. The highest BCUT2D eigenvalue weighted by Crippen LogP contribution is 2.32. The largest absolute Gasteiger partial charge is 0.305 e. The van der Waals surface area contributed by atoms with E-state index < -0.39 is 17.1 Å². The van der Waals surface area contributed by atoms with Gasteiger partial charge >= 0.3 is 0 Å². The summed E-state index contributed by atoms with van der Waals surface area (Å²) in [6.07, 6.45) is 1.38. The molecule has 0 aliphatic carbocycles. The Hall–Kier alpha value is -1.67. The Morgan fingerprint density at radius 1 is 1.35 bits per heavy atom. The molecular formula is C15H15BrN2O2. The van der Waals surface area contributed by atoms with Crippen LogP contribution in [0.25, 0.3) is 0 Å². The summed E-state index contributed by atoms with van der Waals surface area (Å²) in [4.78, 5) is 25.4. The molecule has 1 aromatic carbocycles. The number of anilines is 1. The molecule has 0 fully saturated rings. The van der Waals surface area contributed by atoms with E-state index in [0.29, 0.717) is 30.6 Å². The minimum absolute atomic E-state index is 0.407. The predicted octanol–water partition coefficient (Wildman–Crippen LogP) is 3.31. The van der Waals surface area contributed by atoms with Crippen LogP contribution in [0.2, 0.25) is 0 Å². The Bertz CT molecular complexity index is 617. The van der Waals surface area contributed by atoms with Crippen molar-refractivity contribution < 1.29 is 9.59 Å². The van der Waals surface area contributed by atoms with Crippen molar-refractivity contribution in [2.75, 3.05) is 11.4 Å². The van der Waals surface area contributed by atoms with E-state index in [4.69, 9.17) is 5.26 Å². The fraction of sp³-hybridized carbons (Fsp3) is 0.400. The van der Waals surface area contributed by atoms with Crippen molar-refractivity contribution in [3.05, 3.63) is 28.2 Å². The molecule has 1 amide bonds. The number of nitrogens with zero attached hydrogens (tertiary/aromatic N) is 2. The molecule has 0 spiro atoms. The van der Waals surface area contributed by atoms with Crippen molar-refractivity contribution in [1.29, 1.82) is 5.26 Å². The van der Waals surface area contributed by atoms with Gasteiger partial charge in [0.25, 0.3) is 11.7 Å². The van der Waals surface area contributed by atoms with Gasteiger partial charge in [-0.1, -0.05) is 15.9 Å². The summed E-state index contributed by atoms with van der Waals surface area (Å²) in [5.41, 5.74) is 0.705. The van der Waals surface area contributed by atoms with Crippen molar-refractivity contribution >= 4 is 33.3 Å². The first-order chi connectivity index (χ1) is 9.35. The van der Waals surface area contributed by atoms with Gasteiger partial charge in [-0.15, -0.1) is 0 Å². The molecule has 1 aliphatic rings. The van der Waals surface area contributed by atoms with Crippen LogP contribution in [0.4, 0.5) is 5.69 Å². The molecule has 0 bridgehead atoms. The van der Waals surface area contributed by atoms with Crippen LogP contribution in [0, 0.1) is 16.7 Å². The van der Waals surface area contributed by atoms with Gasteiger partial charge < -0.3 is 4.90 Å². The summed E-state index contributed by atoms with van der Waals surface area (Å²) in [7, 11) is 0. The molecule has 20 heavy (non-hydrogen) atoms. The lowest BCUT2D eigenvalue weighted by Crippen LogP contribution is -2.31. The minimum Gasteiger partial charge on any atom is -0.305 e. The van der Waals surface area contributed by atoms with Gasteiger partial charge in [-0.25, -0.2) is 0 Å². The van der Waals surface area contributed by atoms with Crippen molar-refractivity contribution in [3.8, 4) is 6.07 Å². The summed E-state index contributed by atoms with van der Waals surface area (Å²) >= 11 is 3.30. The second-order valence-electron chi connectivity index (χ2n) is 5.55. The van der Waals surface area contributed by atoms with Gasteiger partial charge in [-0.3, -0.25) is 9.59 Å². The molecule has 0 atom stereocenters. The fourth-order valence-electron chi connectivity index (χ4n) is 2.23. The zero-order valence-electron chi connectivity index (χ0n) is 11.4. The summed E-state index contributed by atoms with van der Waals surface area (Å²) in [6, 6.07) is 7.50. The number of carbonyl (C=O) groups is 2. The van der Waals surface area contributed by atoms with Crippen molar-refractivity contribution in [1.82, 2.24) is 0 Å². The van der Waals surface area contributed by atoms with Crippen molar-refractivity contribution in [3.63, 3.8) is 0 Å². The number of ketones is 1. The summed E-state index contributed by atoms with van der Waals surface area (Å²) in [5.74, 6) is -0.936. The number of Topliss-reactive ketones (excluding diaryl/α,β-unsaturated/α-hetero) is 1. The predicted molar refractivity (Wildman–Crippen MR) is 79.5 cm³/mol. The number of amides is 1. The van der Waals surface area contributed by atoms with Crippen LogP contribution >= 0.6 is 15.9 Å². The van der Waals surface area contributed by atoms with Crippen LogP contribution in [0.3, 0.4) is 0 Å². The van der Waals surface area contributed by atoms with Crippen LogP contribution in [0.15, 0.2) is 22.7 Å². The molecule has 4 nitrogen and oxygen atoms in total. The van der Waals surface area contributed by atoms with Gasteiger partial charge in [0.2, 0.25) is 0 Å². The van der Waals surface area contributed by atoms with Gasteiger partial charge in [0.1, 0.15) is 0 Å². The maximum atomic E-state index is 12.0. The van der Waals surface area contributed by atoms with Crippen molar-refractivity contribution in [2.24, 2.45) is 5.41 Å². The van der Waals surface area contributed by atoms with Gasteiger partial charge in [-0.2, -0.15) is 5.26 Å². The summed E-state index contributed by atoms with van der Waals surface area (Å²) in [6.45, 7) is 4.20. The molecule has 1 heterocycles. The standard InChI is InChI=1S/C15H15BrN2O2/c1-15(2,9-17)6-3-7-18-12-5-4-10(16)8-11(12)13(19)14(18)20/h4-5,8H,3,6-7H2,1-2H3. The molecule has 0 radical (unpaired) electrons. The summed E-state index contributed by atoms with van der Waals surface area (Å²) < 4.78 is 0.782. The number of benzene rings is 1. The third-order valence-corrected chi connectivity index (χ3v) is 3.91. The third kappa shape index (κ3) is 2.75. The van der Waals surface area contributed by atoms with E-state index in [1.807, 2.05) is 19.9 Å². The lowest BCUT2D eigenvalue weighted by Gasteiger charge is -2.19. The van der Waals surface area contributed by atoms with E-state index in [1.54, 1.807) is 12.1 Å². The molecule has 0 saturated heterocycles. The molecular weight excluding hydrogens is 320 g/mol. The smallest absolute Gasteiger partial charge is 0.299 e. The Morgan fingerprint density at radius 3 is 2.70 bits per heavy atom. The normalized spacial score (nSPS) is 14.4. The second-order valence-corrected chi connectivity index (χ2v) is 6.46. The zero-order chi connectivity index (χ0) is 14.9. The van der Waals surface area contributed by atoms with Crippen LogP contribution in [-0.4, -0.2) is 18.2 Å². The number of fused-ring (bicyclic) bond motifs is 1. The Labute approximate surface area is 126 Å². The number of hydrogen-bond donors (Lipinski definition) is 0. The molecule has 0 saturated carbocycles. The number of nitriles is 1. The Kier molecular flexibility index (Phi) is 3.96. The second kappa shape index (κ2) is 5.37. The van der Waals surface area contributed by atoms with Gasteiger partial charge in [-0.05, 0) is 44.9 Å². The zero-order valence-corrected chi connectivity index (χ0v) is 13.0. The molecule has 5 heteroatoms. The lowest BCUT2D eigenvalue weighted by molar-refractivity contribution is -0.114. The fourth-order valence-corrected chi connectivity index (χ4v) is 2.59. The number of carbonyl (C=O) groups excluding carboxylic acids is 2. The molecule has 2 rings (SSSR count). The number of hydrogen-bond acceptors (Lipinski definition) is 3. The first-order valence-corrected chi connectivity index (χ1v) is 7.22. The van der Waals surface area contributed by atoms with Crippen LogP contribution in [0.1, 0.15) is 37.0 Å². The van der Waals surface area contributed by atoms with E-state index in [0.717, 1.165) is 4.47 Å². The SMILES string of the molecule is CC(C)(C#N)CCCN1C(=O)C(=O)c2cc(Br)ccc21. The first-order valence-electron chi connectivity index (χ1n) is 6.43. The van der Waals surface area contributed by atoms with Gasteiger partial charge in [0, 0.05) is 11.0 Å². The first kappa shape index (κ1) is 14.7. The van der Waals surface area contributed by atoms with E-state index >= 15 is 0 Å². The number of rotatable bonds is 4. The maximum Gasteiger partial charge on any atom is 0.299 e. The van der Waals surface area contributed by atoms with E-state index in [2.05, 4.69) is 22.0 Å². The average Bonchev–Trinajstić information content (AvgIpc) is 2.63. The molecule has 0 unspecified atom stereocenters. The third-order valence-electron chi connectivity index (χ3n) is 3.42. The van der Waals surface area contributed by atoms with E-state index in [1.165, 1.54) is 4.90 Å². The molecule has 0 N–H and O–H groups in total. The molecule has 1 aliphatic heterocycles. The monoisotopic (exact) mass is 334 g/mol. The van der Waals surface area contributed by atoms with Crippen LogP contribution in [0.5, 0.6) is 0 Å². The Balaban J connectivity index is 2.13. The summed E-state index contributed by atoms with van der Waals surface area (Å²) in [5, 5.41) is 8.98. The topological polar surface area (TPSA) is 61.2 Å². The highest BCUT2D eigenvalue weighted by atomic mass is 79.9. The van der Waals surface area contributed by atoms with Crippen molar-refractivity contribution in [2.45, 2.75) is 26.7 Å². The number of halogens is 1. The highest BCUT2D eigenvalue weighted by Gasteiger charge is 2.35. The lowest BCUT2D eigenvalue weighted by atomic mass is 9.90. The van der Waals surface area contributed by atoms with Gasteiger partial charge in [0.05, 0.1) is 22.7 Å². The Morgan fingerprint density at radius 2 is 2.05 bits per heavy atom. The average molecular weight is 335 g/mol. The minimum atomic E-state index is -0.479. The van der Waals surface area contributed by atoms with E-state index in [9.17, 15) is 9.59 Å². The van der Waals surface area contributed by atoms with E-state index in [-0.39, 0.29) is 0 Å².